The maximum absolute atomic E-state index is 5.99. The number of rotatable bonds is 1. The molecule has 1 heterocycles. The number of halogens is 1. The van der Waals surface area contributed by atoms with E-state index in [1.54, 1.807) is 0 Å². The Morgan fingerprint density at radius 2 is 1.68 bits per heavy atom. The molecule has 1 atom stereocenters. The third-order valence-electron chi connectivity index (χ3n) is 4.15. The molecule has 1 unspecified atom stereocenters. The van der Waals surface area contributed by atoms with Gasteiger partial charge in [0.2, 0.25) is 0 Å². The number of hydrogen-bond donors (Lipinski definition) is 0. The summed E-state index contributed by atoms with van der Waals surface area (Å²) < 4.78 is 7.21. The molecule has 0 aliphatic carbocycles. The average Bonchev–Trinajstić information content (AvgIpc) is 2.88. The molecule has 0 fully saturated rings. The normalized spacial score (nSPS) is 17.2. The van der Waals surface area contributed by atoms with E-state index in [-0.39, 0.29) is 0 Å². The zero-order valence-electron chi connectivity index (χ0n) is 11.5. The van der Waals surface area contributed by atoms with Gasteiger partial charge in [-0.3, -0.25) is 0 Å². The minimum Gasteiger partial charge on any atom is -0.492 e. The second kappa shape index (κ2) is 4.68. The Morgan fingerprint density at radius 1 is 1.00 bits per heavy atom. The average molecular weight is 317 g/mol. The Bertz CT molecular complexity index is 632. The van der Waals surface area contributed by atoms with Crippen molar-refractivity contribution in [1.82, 2.24) is 0 Å². The molecule has 19 heavy (non-hydrogen) atoms. The Kier molecular flexibility index (Phi) is 3.14. The van der Waals surface area contributed by atoms with Gasteiger partial charge in [-0.05, 0) is 43.0 Å². The third-order valence-corrected chi connectivity index (χ3v) is 5.34. The molecule has 0 bridgehead atoms. The molecule has 1 nitrogen and oxygen atoms in total. The first kappa shape index (κ1) is 12.7. The van der Waals surface area contributed by atoms with E-state index < -0.39 is 0 Å². The van der Waals surface area contributed by atoms with Crippen LogP contribution in [0.3, 0.4) is 0 Å². The molecule has 0 spiro atoms. The smallest absolute Gasteiger partial charge is 0.126 e. The van der Waals surface area contributed by atoms with Gasteiger partial charge in [0.25, 0.3) is 0 Å². The second-order valence-electron chi connectivity index (χ2n) is 5.21. The lowest BCUT2D eigenvalue weighted by molar-refractivity contribution is 0.341. The lowest BCUT2D eigenvalue weighted by atomic mass is 9.88. The van der Waals surface area contributed by atoms with Gasteiger partial charge in [0.15, 0.2) is 0 Å². The summed E-state index contributed by atoms with van der Waals surface area (Å²) in [6, 6.07) is 10.6. The van der Waals surface area contributed by atoms with Crippen molar-refractivity contribution in [2.75, 3.05) is 6.61 Å². The van der Waals surface area contributed by atoms with Crippen molar-refractivity contribution in [3.8, 4) is 5.75 Å². The Balaban J connectivity index is 2.21. The molecular formula is C17H17BrO. The van der Waals surface area contributed by atoms with E-state index >= 15 is 0 Å². The lowest BCUT2D eigenvalue weighted by Crippen LogP contribution is -2.03. The molecule has 1 aliphatic rings. The quantitative estimate of drug-likeness (QED) is 0.727. The minimum absolute atomic E-state index is 0.354. The number of benzene rings is 2. The van der Waals surface area contributed by atoms with Gasteiger partial charge in [-0.1, -0.05) is 46.3 Å². The summed E-state index contributed by atoms with van der Waals surface area (Å²) in [5.41, 5.74) is 6.53. The molecule has 2 aromatic rings. The van der Waals surface area contributed by atoms with E-state index in [9.17, 15) is 0 Å². The van der Waals surface area contributed by atoms with E-state index in [4.69, 9.17) is 4.74 Å². The van der Waals surface area contributed by atoms with E-state index in [0.717, 1.165) is 12.4 Å². The highest BCUT2D eigenvalue weighted by molar-refractivity contribution is 9.10. The maximum Gasteiger partial charge on any atom is 0.126 e. The topological polar surface area (TPSA) is 9.23 Å². The highest BCUT2D eigenvalue weighted by Crippen LogP contribution is 2.46. The van der Waals surface area contributed by atoms with E-state index in [1.807, 2.05) is 0 Å². The zero-order valence-corrected chi connectivity index (χ0v) is 13.0. The van der Waals surface area contributed by atoms with Crippen LogP contribution < -0.4 is 4.74 Å². The van der Waals surface area contributed by atoms with Crippen LogP contribution >= 0.6 is 15.9 Å². The molecule has 0 saturated heterocycles. The molecule has 2 heteroatoms. The van der Waals surface area contributed by atoms with Gasteiger partial charge in [-0.15, -0.1) is 0 Å². The second-order valence-corrected chi connectivity index (χ2v) is 6.00. The summed E-state index contributed by atoms with van der Waals surface area (Å²) in [6.45, 7) is 7.22. The van der Waals surface area contributed by atoms with Gasteiger partial charge in [-0.25, -0.2) is 0 Å². The van der Waals surface area contributed by atoms with Gasteiger partial charge in [-0.2, -0.15) is 0 Å². The molecule has 0 N–H and O–H groups in total. The van der Waals surface area contributed by atoms with Crippen LogP contribution in [0.5, 0.6) is 5.75 Å². The summed E-state index contributed by atoms with van der Waals surface area (Å²) in [5, 5.41) is 0. The monoisotopic (exact) mass is 316 g/mol. The van der Waals surface area contributed by atoms with Crippen LogP contribution in [-0.2, 0) is 0 Å². The Hall–Kier alpha value is -1.28. The van der Waals surface area contributed by atoms with E-state index in [0.29, 0.717) is 5.92 Å². The summed E-state index contributed by atoms with van der Waals surface area (Å²) in [6.07, 6.45) is 0. The first-order valence-electron chi connectivity index (χ1n) is 6.58. The molecular weight excluding hydrogens is 300 g/mol. The van der Waals surface area contributed by atoms with Gasteiger partial charge < -0.3 is 4.74 Å². The number of hydrogen-bond acceptors (Lipinski definition) is 1. The highest BCUT2D eigenvalue weighted by atomic mass is 79.9. The summed E-state index contributed by atoms with van der Waals surface area (Å²) in [4.78, 5) is 0. The third kappa shape index (κ3) is 1.90. The SMILES string of the molecule is Cc1c(C)c2c(c(C)c1Br)C(c1ccccc1)CO2. The first-order valence-corrected chi connectivity index (χ1v) is 7.37. The van der Waals surface area contributed by atoms with Crippen molar-refractivity contribution < 1.29 is 4.74 Å². The van der Waals surface area contributed by atoms with E-state index in [2.05, 4.69) is 67.0 Å². The lowest BCUT2D eigenvalue weighted by Gasteiger charge is -2.16. The van der Waals surface area contributed by atoms with Crippen molar-refractivity contribution in [3.05, 3.63) is 62.6 Å². The molecule has 0 aromatic heterocycles. The van der Waals surface area contributed by atoms with Crippen molar-refractivity contribution in [2.24, 2.45) is 0 Å². The van der Waals surface area contributed by atoms with Crippen molar-refractivity contribution >= 4 is 15.9 Å². The molecule has 3 rings (SSSR count). The van der Waals surface area contributed by atoms with Crippen LogP contribution in [-0.4, -0.2) is 6.61 Å². The van der Waals surface area contributed by atoms with Gasteiger partial charge in [0.1, 0.15) is 5.75 Å². The Labute approximate surface area is 122 Å². The fourth-order valence-electron chi connectivity index (χ4n) is 2.91. The Morgan fingerprint density at radius 3 is 2.37 bits per heavy atom. The molecule has 2 aromatic carbocycles. The minimum atomic E-state index is 0.354. The van der Waals surface area contributed by atoms with Crippen LogP contribution in [0.4, 0.5) is 0 Å². The highest BCUT2D eigenvalue weighted by Gasteiger charge is 2.30. The molecule has 0 amide bonds. The standard InChI is InChI=1S/C17H17BrO/c1-10-11(2)17-15(12(3)16(10)18)14(9-19-17)13-7-5-4-6-8-13/h4-8,14H,9H2,1-3H3. The van der Waals surface area contributed by atoms with Crippen LogP contribution in [0.1, 0.15) is 33.7 Å². The predicted octanol–water partition coefficient (Wildman–Crippen LogP) is 4.90. The van der Waals surface area contributed by atoms with Crippen LogP contribution in [0.15, 0.2) is 34.8 Å². The molecule has 98 valence electrons. The van der Waals surface area contributed by atoms with Crippen LogP contribution in [0.25, 0.3) is 0 Å². The van der Waals surface area contributed by atoms with Gasteiger partial charge in [0, 0.05) is 16.0 Å². The zero-order chi connectivity index (χ0) is 13.6. The maximum atomic E-state index is 5.99. The number of fused-ring (bicyclic) bond motifs is 1. The molecule has 0 radical (unpaired) electrons. The van der Waals surface area contributed by atoms with Crippen molar-refractivity contribution in [2.45, 2.75) is 26.7 Å². The summed E-state index contributed by atoms with van der Waals surface area (Å²) in [5.74, 6) is 1.44. The fourth-order valence-corrected chi connectivity index (χ4v) is 3.42. The van der Waals surface area contributed by atoms with E-state index in [1.165, 1.54) is 32.3 Å². The first-order chi connectivity index (χ1) is 9.11. The fraction of sp³-hybridized carbons (Fsp3) is 0.294. The van der Waals surface area contributed by atoms with Crippen molar-refractivity contribution in [1.29, 1.82) is 0 Å². The number of ether oxygens (including phenoxy) is 1. The summed E-state index contributed by atoms with van der Waals surface area (Å²) in [7, 11) is 0. The summed E-state index contributed by atoms with van der Waals surface area (Å²) >= 11 is 3.73. The van der Waals surface area contributed by atoms with Crippen LogP contribution in [0, 0.1) is 20.8 Å². The van der Waals surface area contributed by atoms with Crippen LogP contribution in [0.2, 0.25) is 0 Å². The molecule has 1 aliphatic heterocycles. The predicted molar refractivity (Wildman–Crippen MR) is 82.1 cm³/mol. The molecule has 0 saturated carbocycles. The largest absolute Gasteiger partial charge is 0.492 e. The van der Waals surface area contributed by atoms with Gasteiger partial charge in [0.05, 0.1) is 6.61 Å². The van der Waals surface area contributed by atoms with Gasteiger partial charge >= 0.3 is 0 Å². The van der Waals surface area contributed by atoms with Crippen molar-refractivity contribution in [3.63, 3.8) is 0 Å².